The van der Waals surface area contributed by atoms with Gasteiger partial charge in [0.1, 0.15) is 18.0 Å². The van der Waals surface area contributed by atoms with E-state index in [1.165, 1.54) is 12.4 Å². The van der Waals surface area contributed by atoms with Gasteiger partial charge in [-0.15, -0.1) is 0 Å². The predicted molar refractivity (Wildman–Crippen MR) is 104 cm³/mol. The predicted octanol–water partition coefficient (Wildman–Crippen LogP) is 4.21. The summed E-state index contributed by atoms with van der Waals surface area (Å²) in [6, 6.07) is 18.1. The molecule has 27 heavy (non-hydrogen) atoms. The number of aromatic carboxylic acids is 1. The number of para-hydroxylation sites is 2. The summed E-state index contributed by atoms with van der Waals surface area (Å²) in [7, 11) is 0. The van der Waals surface area contributed by atoms with E-state index < -0.39 is 5.97 Å². The van der Waals surface area contributed by atoms with E-state index in [4.69, 9.17) is 0 Å². The lowest BCUT2D eigenvalue weighted by Gasteiger charge is -2.11. The van der Waals surface area contributed by atoms with Crippen molar-refractivity contribution in [3.63, 3.8) is 0 Å². The Morgan fingerprint density at radius 1 is 0.815 bits per heavy atom. The van der Waals surface area contributed by atoms with Crippen molar-refractivity contribution < 1.29 is 9.90 Å². The van der Waals surface area contributed by atoms with Crippen molar-refractivity contribution in [3.05, 3.63) is 78.8 Å². The van der Waals surface area contributed by atoms with Gasteiger partial charge in [-0.1, -0.05) is 30.3 Å². The average Bonchev–Trinajstić information content (AvgIpc) is 2.69. The third-order valence-corrected chi connectivity index (χ3v) is 3.98. The highest BCUT2D eigenvalue weighted by Gasteiger charge is 2.10. The van der Waals surface area contributed by atoms with Gasteiger partial charge in [-0.2, -0.15) is 0 Å². The van der Waals surface area contributed by atoms with Crippen LogP contribution >= 0.6 is 0 Å². The number of carboxylic acids is 1. The molecule has 0 bridgehead atoms. The second-order valence-corrected chi connectivity index (χ2v) is 5.77. The molecule has 132 valence electrons. The van der Waals surface area contributed by atoms with Crippen molar-refractivity contribution in [3.8, 4) is 0 Å². The molecule has 0 aliphatic rings. The number of fused-ring (bicyclic) bond motifs is 1. The summed E-state index contributed by atoms with van der Waals surface area (Å²) in [5.74, 6) is 0.0418. The maximum absolute atomic E-state index is 11.4. The van der Waals surface area contributed by atoms with E-state index in [0.717, 1.165) is 16.6 Å². The van der Waals surface area contributed by atoms with Crippen LogP contribution in [0.15, 0.2) is 73.2 Å². The van der Waals surface area contributed by atoms with Crippen molar-refractivity contribution in [2.45, 2.75) is 0 Å². The van der Waals surface area contributed by atoms with Crippen molar-refractivity contribution in [1.82, 2.24) is 15.0 Å². The molecule has 0 aliphatic heterocycles. The molecule has 2 aromatic heterocycles. The zero-order valence-electron chi connectivity index (χ0n) is 14.1. The van der Waals surface area contributed by atoms with Crippen LogP contribution in [0.1, 0.15) is 10.4 Å². The fourth-order valence-corrected chi connectivity index (χ4v) is 2.75. The Morgan fingerprint density at radius 3 is 2.33 bits per heavy atom. The molecule has 0 atom stereocenters. The summed E-state index contributed by atoms with van der Waals surface area (Å²) in [6.07, 6.45) is 3.15. The number of aromatic nitrogens is 3. The van der Waals surface area contributed by atoms with Gasteiger partial charge in [-0.3, -0.25) is 4.98 Å². The number of benzene rings is 2. The highest BCUT2D eigenvalue weighted by atomic mass is 16.4. The molecule has 0 saturated heterocycles. The number of anilines is 4. The lowest BCUT2D eigenvalue weighted by Crippen LogP contribution is -2.04. The molecular formula is C20H15N5O2. The number of hydrogen-bond donors (Lipinski definition) is 3. The van der Waals surface area contributed by atoms with Crippen molar-refractivity contribution in [2.24, 2.45) is 0 Å². The topological polar surface area (TPSA) is 100 Å². The number of pyridine rings is 1. The number of nitrogens with zero attached hydrogens (tertiary/aromatic N) is 3. The Morgan fingerprint density at radius 2 is 1.52 bits per heavy atom. The molecule has 4 aromatic rings. The monoisotopic (exact) mass is 357 g/mol. The van der Waals surface area contributed by atoms with Crippen LogP contribution in [0.4, 0.5) is 23.0 Å². The largest absolute Gasteiger partial charge is 0.478 e. The van der Waals surface area contributed by atoms with Crippen LogP contribution in [0, 0.1) is 0 Å². The van der Waals surface area contributed by atoms with Gasteiger partial charge in [0.05, 0.1) is 22.5 Å². The molecule has 0 fully saturated rings. The van der Waals surface area contributed by atoms with Crippen LogP contribution in [-0.4, -0.2) is 26.0 Å². The Labute approximate surface area is 154 Å². The summed E-state index contributed by atoms with van der Waals surface area (Å²) in [4.78, 5) is 24.2. The second-order valence-electron chi connectivity index (χ2n) is 5.77. The fourth-order valence-electron chi connectivity index (χ4n) is 2.75. The van der Waals surface area contributed by atoms with Gasteiger partial charge in [0.25, 0.3) is 0 Å². The van der Waals surface area contributed by atoms with Gasteiger partial charge in [0, 0.05) is 17.6 Å². The quantitative estimate of drug-likeness (QED) is 0.492. The summed E-state index contributed by atoms with van der Waals surface area (Å²) in [6.45, 7) is 0. The molecule has 0 unspecified atom stereocenters. The summed E-state index contributed by atoms with van der Waals surface area (Å²) < 4.78 is 0. The third-order valence-electron chi connectivity index (χ3n) is 3.98. The minimum absolute atomic E-state index is 0.170. The van der Waals surface area contributed by atoms with E-state index in [9.17, 15) is 9.90 Å². The number of hydrogen-bond acceptors (Lipinski definition) is 6. The first-order valence-electron chi connectivity index (χ1n) is 8.23. The van der Waals surface area contributed by atoms with E-state index in [0.29, 0.717) is 17.3 Å². The molecule has 4 rings (SSSR count). The van der Waals surface area contributed by atoms with Crippen molar-refractivity contribution in [1.29, 1.82) is 0 Å². The Balaban J connectivity index is 1.63. The smallest absolute Gasteiger partial charge is 0.337 e. The molecule has 7 nitrogen and oxygen atoms in total. The number of rotatable bonds is 5. The van der Waals surface area contributed by atoms with Gasteiger partial charge >= 0.3 is 5.97 Å². The zero-order chi connectivity index (χ0) is 18.6. The van der Waals surface area contributed by atoms with E-state index in [2.05, 4.69) is 25.6 Å². The van der Waals surface area contributed by atoms with Gasteiger partial charge in [-0.25, -0.2) is 14.8 Å². The molecule has 3 N–H and O–H groups in total. The summed E-state index contributed by atoms with van der Waals surface area (Å²) in [5, 5.41) is 16.6. The molecule has 0 spiro atoms. The standard InChI is InChI=1S/C20H15N5O2/c26-20(27)14-7-1-2-8-15(14)24-17-11-18(23-12-22-17)25-16-9-3-5-13-6-4-10-21-19(13)16/h1-12H,(H,26,27)(H2,22,23,24,25). The maximum atomic E-state index is 11.4. The number of carbonyl (C=O) groups is 1. The molecule has 0 saturated carbocycles. The minimum atomic E-state index is -1.01. The van der Waals surface area contributed by atoms with Crippen LogP contribution < -0.4 is 10.6 Å². The average molecular weight is 357 g/mol. The third kappa shape index (κ3) is 3.52. The molecule has 2 heterocycles. The first-order chi connectivity index (χ1) is 13.2. The molecule has 0 amide bonds. The van der Waals surface area contributed by atoms with Crippen molar-refractivity contribution in [2.75, 3.05) is 10.6 Å². The minimum Gasteiger partial charge on any atom is -0.478 e. The Hall–Kier alpha value is -4.00. The summed E-state index contributed by atoms with van der Waals surface area (Å²) in [5.41, 5.74) is 2.29. The Kier molecular flexibility index (Phi) is 4.32. The van der Waals surface area contributed by atoms with Crippen molar-refractivity contribution >= 4 is 39.9 Å². The van der Waals surface area contributed by atoms with Crippen LogP contribution in [0.5, 0.6) is 0 Å². The van der Waals surface area contributed by atoms with E-state index in [1.54, 1.807) is 30.5 Å². The summed E-state index contributed by atoms with van der Waals surface area (Å²) >= 11 is 0. The van der Waals surface area contributed by atoms with Crippen LogP contribution in [0.3, 0.4) is 0 Å². The first kappa shape index (κ1) is 16.5. The van der Waals surface area contributed by atoms with Gasteiger partial charge in [0.15, 0.2) is 0 Å². The normalized spacial score (nSPS) is 10.5. The van der Waals surface area contributed by atoms with Crippen LogP contribution in [0.2, 0.25) is 0 Å². The van der Waals surface area contributed by atoms with Gasteiger partial charge < -0.3 is 15.7 Å². The number of carboxylic acid groups (broad SMARTS) is 1. The lowest BCUT2D eigenvalue weighted by atomic mass is 10.2. The second kappa shape index (κ2) is 7.09. The molecule has 7 heteroatoms. The van der Waals surface area contributed by atoms with Gasteiger partial charge in [-0.05, 0) is 24.3 Å². The zero-order valence-corrected chi connectivity index (χ0v) is 14.1. The lowest BCUT2D eigenvalue weighted by molar-refractivity contribution is 0.0698. The van der Waals surface area contributed by atoms with E-state index in [1.807, 2.05) is 30.3 Å². The number of nitrogens with one attached hydrogen (secondary N) is 2. The highest BCUT2D eigenvalue weighted by Crippen LogP contribution is 2.25. The Bertz CT molecular complexity index is 1120. The molecule has 0 radical (unpaired) electrons. The SMILES string of the molecule is O=C(O)c1ccccc1Nc1cc(Nc2cccc3cccnc23)ncn1. The van der Waals surface area contributed by atoms with Gasteiger partial charge in [0.2, 0.25) is 0 Å². The van der Waals surface area contributed by atoms with Crippen LogP contribution in [0.25, 0.3) is 10.9 Å². The maximum Gasteiger partial charge on any atom is 0.337 e. The highest BCUT2D eigenvalue weighted by molar-refractivity contribution is 5.95. The molecule has 0 aliphatic carbocycles. The van der Waals surface area contributed by atoms with E-state index >= 15 is 0 Å². The fraction of sp³-hybridized carbons (Fsp3) is 0. The first-order valence-corrected chi connectivity index (χ1v) is 8.23. The van der Waals surface area contributed by atoms with E-state index in [-0.39, 0.29) is 5.56 Å². The van der Waals surface area contributed by atoms with Crippen LogP contribution in [-0.2, 0) is 0 Å². The molecule has 2 aromatic carbocycles. The molecular weight excluding hydrogens is 342 g/mol.